The highest BCUT2D eigenvalue weighted by Gasteiger charge is 2.21. The Morgan fingerprint density at radius 3 is 2.43 bits per heavy atom. The van der Waals surface area contributed by atoms with Gasteiger partial charge in [-0.1, -0.05) is 55.8 Å². The van der Waals surface area contributed by atoms with Gasteiger partial charge < -0.3 is 4.74 Å². The van der Waals surface area contributed by atoms with Gasteiger partial charge in [-0.25, -0.2) is 9.97 Å². The minimum atomic E-state index is -0.289. The van der Waals surface area contributed by atoms with E-state index in [4.69, 9.17) is 21.3 Å². The van der Waals surface area contributed by atoms with Crippen LogP contribution in [0, 0.1) is 3.57 Å². The Morgan fingerprint density at radius 1 is 1.19 bits per heavy atom. The number of rotatable bonds is 5. The van der Waals surface area contributed by atoms with Gasteiger partial charge in [0, 0.05) is 6.61 Å². The van der Waals surface area contributed by atoms with E-state index < -0.39 is 0 Å². The Kier molecular flexibility index (Phi) is 5.96. The normalized spacial score (nSPS) is 12.7. The van der Waals surface area contributed by atoms with Crippen LogP contribution in [0.2, 0.25) is 5.15 Å². The maximum atomic E-state index is 6.28. The molecular formula is C16H18ClIN2O. The first kappa shape index (κ1) is 16.6. The number of benzene rings is 1. The van der Waals surface area contributed by atoms with Gasteiger partial charge in [0.1, 0.15) is 11.3 Å². The van der Waals surface area contributed by atoms with Crippen LogP contribution in [0.15, 0.2) is 30.3 Å². The van der Waals surface area contributed by atoms with E-state index in [1.165, 1.54) is 0 Å². The smallest absolute Gasteiger partial charge is 0.163 e. The number of hydrogen-bond acceptors (Lipinski definition) is 3. The molecule has 0 saturated carbocycles. The van der Waals surface area contributed by atoms with Gasteiger partial charge in [-0.3, -0.25) is 0 Å². The fraction of sp³-hybridized carbons (Fsp3) is 0.375. The van der Waals surface area contributed by atoms with Crippen LogP contribution in [0.1, 0.15) is 49.9 Å². The van der Waals surface area contributed by atoms with Crippen LogP contribution in [-0.4, -0.2) is 16.6 Å². The van der Waals surface area contributed by atoms with Gasteiger partial charge in [-0.05, 0) is 41.0 Å². The molecule has 1 unspecified atom stereocenters. The van der Waals surface area contributed by atoms with Crippen LogP contribution in [0.5, 0.6) is 0 Å². The Balaban J connectivity index is 2.51. The van der Waals surface area contributed by atoms with E-state index in [1.54, 1.807) is 0 Å². The lowest BCUT2D eigenvalue weighted by molar-refractivity contribution is 0.0849. The second kappa shape index (κ2) is 7.51. The molecule has 2 rings (SSSR count). The molecule has 0 aliphatic heterocycles. The van der Waals surface area contributed by atoms with Gasteiger partial charge in [0.05, 0.1) is 9.26 Å². The molecule has 1 aromatic heterocycles. The first-order chi connectivity index (χ1) is 10.0. The van der Waals surface area contributed by atoms with Gasteiger partial charge in [0.15, 0.2) is 5.82 Å². The highest BCUT2D eigenvalue weighted by Crippen LogP contribution is 2.30. The summed E-state index contributed by atoms with van der Waals surface area (Å²) in [7, 11) is 0. The Morgan fingerprint density at radius 2 is 1.86 bits per heavy atom. The fourth-order valence-electron chi connectivity index (χ4n) is 2.07. The van der Waals surface area contributed by atoms with E-state index >= 15 is 0 Å². The lowest BCUT2D eigenvalue weighted by atomic mass is 10.1. The average Bonchev–Trinajstić information content (AvgIpc) is 2.48. The molecule has 0 fully saturated rings. The molecule has 112 valence electrons. The van der Waals surface area contributed by atoms with Crippen LogP contribution in [-0.2, 0) is 4.74 Å². The first-order valence-corrected chi connectivity index (χ1v) is 8.39. The summed E-state index contributed by atoms with van der Waals surface area (Å²) in [5.74, 6) is 0.909. The highest BCUT2D eigenvalue weighted by atomic mass is 127. The molecule has 0 radical (unpaired) electrons. The average molecular weight is 417 g/mol. The summed E-state index contributed by atoms with van der Waals surface area (Å²) in [6.45, 7) is 6.75. The van der Waals surface area contributed by atoms with Gasteiger partial charge in [-0.15, -0.1) is 0 Å². The summed E-state index contributed by atoms with van der Waals surface area (Å²) in [6, 6.07) is 9.99. The fourth-order valence-corrected chi connectivity index (χ4v) is 3.11. The maximum absolute atomic E-state index is 6.28. The third-order valence-electron chi connectivity index (χ3n) is 3.07. The van der Waals surface area contributed by atoms with Crippen molar-refractivity contribution in [2.45, 2.75) is 32.8 Å². The van der Waals surface area contributed by atoms with Crippen LogP contribution >= 0.6 is 34.2 Å². The zero-order chi connectivity index (χ0) is 15.4. The van der Waals surface area contributed by atoms with E-state index in [2.05, 4.69) is 41.4 Å². The molecule has 0 N–H and O–H groups in total. The molecule has 2 aromatic rings. The largest absolute Gasteiger partial charge is 0.366 e. The summed E-state index contributed by atoms with van der Waals surface area (Å²) >= 11 is 8.48. The summed E-state index contributed by atoms with van der Waals surface area (Å²) < 4.78 is 6.77. The highest BCUT2D eigenvalue weighted by molar-refractivity contribution is 14.1. The van der Waals surface area contributed by atoms with Gasteiger partial charge in [0.25, 0.3) is 0 Å². The van der Waals surface area contributed by atoms with Crippen molar-refractivity contribution >= 4 is 34.2 Å². The van der Waals surface area contributed by atoms with Crippen LogP contribution < -0.4 is 0 Å². The second-order valence-corrected chi connectivity index (χ2v) is 6.41. The molecule has 1 aromatic carbocycles. The zero-order valence-corrected chi connectivity index (χ0v) is 15.2. The SMILES string of the molecule is CCOC(c1ccccc1)c1nc(Cl)c(I)c(C(C)C)n1. The third kappa shape index (κ3) is 3.93. The Hall–Kier alpha value is -0.720. The molecule has 0 amide bonds. The van der Waals surface area contributed by atoms with E-state index in [-0.39, 0.29) is 12.0 Å². The molecule has 0 spiro atoms. The number of nitrogens with zero attached hydrogens (tertiary/aromatic N) is 2. The van der Waals surface area contributed by atoms with E-state index in [0.717, 1.165) is 14.8 Å². The van der Waals surface area contributed by atoms with Crippen molar-refractivity contribution < 1.29 is 4.74 Å². The monoisotopic (exact) mass is 416 g/mol. The van der Waals surface area contributed by atoms with Gasteiger partial charge in [-0.2, -0.15) is 0 Å². The molecule has 21 heavy (non-hydrogen) atoms. The molecule has 1 atom stereocenters. The topological polar surface area (TPSA) is 35.0 Å². The first-order valence-electron chi connectivity index (χ1n) is 6.94. The van der Waals surface area contributed by atoms with Crippen LogP contribution in [0.4, 0.5) is 0 Å². The lowest BCUT2D eigenvalue weighted by Crippen LogP contribution is -2.13. The van der Waals surface area contributed by atoms with E-state index in [1.807, 2.05) is 37.3 Å². The van der Waals surface area contributed by atoms with Crippen molar-refractivity contribution in [2.75, 3.05) is 6.61 Å². The molecule has 0 saturated heterocycles. The Bertz CT molecular complexity index is 605. The number of hydrogen-bond donors (Lipinski definition) is 0. The van der Waals surface area contributed by atoms with Crippen LogP contribution in [0.3, 0.4) is 0 Å². The molecule has 0 bridgehead atoms. The second-order valence-electron chi connectivity index (χ2n) is 4.97. The zero-order valence-electron chi connectivity index (χ0n) is 12.3. The maximum Gasteiger partial charge on any atom is 0.163 e. The van der Waals surface area contributed by atoms with Crippen molar-refractivity contribution in [3.8, 4) is 0 Å². The molecule has 3 nitrogen and oxygen atoms in total. The van der Waals surface area contributed by atoms with Gasteiger partial charge in [0.2, 0.25) is 0 Å². The Labute approximate surface area is 144 Å². The van der Waals surface area contributed by atoms with Gasteiger partial charge >= 0.3 is 0 Å². The summed E-state index contributed by atoms with van der Waals surface area (Å²) in [6.07, 6.45) is -0.289. The van der Waals surface area contributed by atoms with Crippen molar-refractivity contribution in [1.29, 1.82) is 0 Å². The number of aromatic nitrogens is 2. The summed E-state index contributed by atoms with van der Waals surface area (Å²) in [5, 5.41) is 0.491. The lowest BCUT2D eigenvalue weighted by Gasteiger charge is -2.18. The van der Waals surface area contributed by atoms with Crippen molar-refractivity contribution in [3.63, 3.8) is 0 Å². The molecule has 0 aliphatic rings. The minimum Gasteiger partial charge on any atom is -0.366 e. The predicted molar refractivity (Wildman–Crippen MR) is 93.8 cm³/mol. The van der Waals surface area contributed by atoms with Crippen LogP contribution in [0.25, 0.3) is 0 Å². The summed E-state index contributed by atoms with van der Waals surface area (Å²) in [5.41, 5.74) is 2.00. The van der Waals surface area contributed by atoms with E-state index in [0.29, 0.717) is 17.6 Å². The molecular weight excluding hydrogens is 399 g/mol. The molecule has 5 heteroatoms. The standard InChI is InChI=1S/C16H18ClIN2O/c1-4-21-14(11-8-6-5-7-9-11)16-19-13(10(2)3)12(18)15(17)20-16/h5-10,14H,4H2,1-3H3. The molecule has 0 aliphatic carbocycles. The van der Waals surface area contributed by atoms with Crippen molar-refractivity contribution in [1.82, 2.24) is 9.97 Å². The number of ether oxygens (including phenoxy) is 1. The predicted octanol–water partition coefficient (Wildman–Crippen LogP) is 4.98. The third-order valence-corrected chi connectivity index (χ3v) is 4.73. The minimum absolute atomic E-state index is 0.286. The van der Waals surface area contributed by atoms with Crippen molar-refractivity contribution in [2.24, 2.45) is 0 Å². The number of halogens is 2. The molecule has 1 heterocycles. The van der Waals surface area contributed by atoms with Crippen molar-refractivity contribution in [3.05, 3.63) is 56.1 Å². The quantitative estimate of drug-likeness (QED) is 0.509. The van der Waals surface area contributed by atoms with E-state index in [9.17, 15) is 0 Å². The summed E-state index contributed by atoms with van der Waals surface area (Å²) in [4.78, 5) is 9.13.